The third-order valence-electron chi connectivity index (χ3n) is 5.18. The van der Waals surface area contributed by atoms with E-state index in [4.69, 9.17) is 29.4 Å². The Morgan fingerprint density at radius 3 is 2.36 bits per heavy atom. The van der Waals surface area contributed by atoms with Gasteiger partial charge in [-0.2, -0.15) is 9.97 Å². The average molecular weight is 525 g/mol. The summed E-state index contributed by atoms with van der Waals surface area (Å²) in [6, 6.07) is 7.52. The molecule has 1 aromatic carbocycles. The van der Waals surface area contributed by atoms with Crippen molar-refractivity contribution in [1.82, 2.24) is 9.97 Å². The van der Waals surface area contributed by atoms with Crippen LogP contribution in [-0.2, 0) is 36.5 Å². The van der Waals surface area contributed by atoms with Crippen LogP contribution in [-0.4, -0.2) is 87.0 Å². The van der Waals surface area contributed by atoms with E-state index in [2.05, 4.69) is 9.97 Å². The van der Waals surface area contributed by atoms with Gasteiger partial charge in [0.25, 0.3) is 0 Å². The normalized spacial score (nSPS) is 14.5. The van der Waals surface area contributed by atoms with Gasteiger partial charge in [0.05, 0.1) is 46.0 Å². The van der Waals surface area contributed by atoms with Gasteiger partial charge >= 0.3 is 6.01 Å². The van der Waals surface area contributed by atoms with Crippen molar-refractivity contribution in [3.05, 3.63) is 35.4 Å². The molecule has 1 aliphatic rings. The largest absolute Gasteiger partial charge is 0.491 e. The van der Waals surface area contributed by atoms with Crippen LogP contribution in [0.5, 0.6) is 11.8 Å². The van der Waals surface area contributed by atoms with E-state index in [9.17, 15) is 14.3 Å². The second kappa shape index (κ2) is 13.5. The number of nitrogens with two attached hydrogens (primary N) is 1. The van der Waals surface area contributed by atoms with E-state index in [1.807, 2.05) is 24.3 Å². The second-order valence-corrected chi connectivity index (χ2v) is 10.7. The highest BCUT2D eigenvalue weighted by Crippen LogP contribution is 2.34. The van der Waals surface area contributed by atoms with Crippen LogP contribution in [0.25, 0.3) is 0 Å². The highest BCUT2D eigenvalue weighted by molar-refractivity contribution is 7.57. The maximum Gasteiger partial charge on any atom is 0.320 e. The van der Waals surface area contributed by atoms with Crippen molar-refractivity contribution in [3.63, 3.8) is 0 Å². The number of hydrogen-bond acceptors (Lipinski definition) is 10. The summed E-state index contributed by atoms with van der Waals surface area (Å²) in [5, 5.41) is 0. The first-order valence-corrected chi connectivity index (χ1v) is 13.8. The Morgan fingerprint density at radius 1 is 1.00 bits per heavy atom. The van der Waals surface area contributed by atoms with E-state index in [1.165, 1.54) is 6.66 Å². The van der Waals surface area contributed by atoms with Crippen LogP contribution in [0, 0.1) is 0 Å². The minimum Gasteiger partial charge on any atom is -0.491 e. The number of benzene rings is 1. The van der Waals surface area contributed by atoms with Gasteiger partial charge in [0.2, 0.25) is 5.91 Å². The molecule has 0 aliphatic carbocycles. The lowest BCUT2D eigenvalue weighted by atomic mass is 10.2. The molecule has 0 radical (unpaired) electrons. The number of fused-ring (bicyclic) bond motifs is 1. The number of carbonyl (C=O) groups is 1. The van der Waals surface area contributed by atoms with Gasteiger partial charge in [0, 0.05) is 25.5 Å². The Balaban J connectivity index is 1.43. The lowest BCUT2D eigenvalue weighted by molar-refractivity contribution is -0.117. The molecule has 3 N–H and O–H groups in total. The first-order valence-electron chi connectivity index (χ1n) is 11.5. The van der Waals surface area contributed by atoms with Gasteiger partial charge in [-0.05, 0) is 17.7 Å². The molecule has 2 aromatic rings. The lowest BCUT2D eigenvalue weighted by Crippen LogP contribution is -2.26. The maximum atomic E-state index is 12.6. The Morgan fingerprint density at radius 2 is 1.67 bits per heavy atom. The molecule has 1 amide bonds. The Kier molecular flexibility index (Phi) is 10.4. The standard InChI is InChI=1S/C23H33N4O8P/c1-31-7-11-35-23-25-21(24)19-15-20(28)27(22(19)26-23)16-17-3-5-18(6-4-17)34-12-10-32-8-9-33-13-14-36(2,29)30/h3-6H,7-16H2,1-2H3,(H,29,30)(H2,24,25,26). The third-order valence-corrected chi connectivity index (χ3v) is 6.20. The van der Waals surface area contributed by atoms with Gasteiger partial charge in [-0.15, -0.1) is 0 Å². The number of rotatable bonds is 16. The summed E-state index contributed by atoms with van der Waals surface area (Å²) in [5.41, 5.74) is 7.53. The molecule has 0 saturated heterocycles. The molecule has 198 valence electrons. The molecule has 36 heavy (non-hydrogen) atoms. The lowest BCUT2D eigenvalue weighted by Gasteiger charge is -2.17. The van der Waals surface area contributed by atoms with Crippen LogP contribution < -0.4 is 20.1 Å². The number of ether oxygens (including phenoxy) is 5. The first kappa shape index (κ1) is 27.8. The molecule has 1 unspecified atom stereocenters. The fraction of sp³-hybridized carbons (Fsp3) is 0.522. The van der Waals surface area contributed by atoms with Crippen molar-refractivity contribution in [2.45, 2.75) is 13.0 Å². The summed E-state index contributed by atoms with van der Waals surface area (Å²) in [6.07, 6.45) is 0.281. The van der Waals surface area contributed by atoms with E-state index in [0.29, 0.717) is 56.7 Å². The van der Waals surface area contributed by atoms with Gasteiger partial charge in [-0.25, -0.2) is 0 Å². The van der Waals surface area contributed by atoms with E-state index in [0.717, 1.165) is 5.56 Å². The Hall–Kier alpha value is -2.76. The summed E-state index contributed by atoms with van der Waals surface area (Å²) >= 11 is 0. The van der Waals surface area contributed by atoms with Crippen LogP contribution in [0.3, 0.4) is 0 Å². The SMILES string of the molecule is COCCOc1nc(N)c2c(n1)N(Cc1ccc(OCCOCCOCCP(C)(=O)O)cc1)C(=O)C2. The van der Waals surface area contributed by atoms with Crippen LogP contribution in [0.4, 0.5) is 11.6 Å². The number of carbonyl (C=O) groups excluding carboxylic acids is 1. The summed E-state index contributed by atoms with van der Waals surface area (Å²) < 4.78 is 38.0. The third kappa shape index (κ3) is 8.72. The molecule has 0 fully saturated rings. The minimum absolute atomic E-state index is 0.109. The highest BCUT2D eigenvalue weighted by atomic mass is 31.2. The zero-order valence-electron chi connectivity index (χ0n) is 20.6. The molecule has 12 nitrogen and oxygen atoms in total. The molecule has 0 saturated carbocycles. The van der Waals surface area contributed by atoms with Crippen LogP contribution in [0.2, 0.25) is 0 Å². The van der Waals surface area contributed by atoms with E-state index < -0.39 is 7.37 Å². The van der Waals surface area contributed by atoms with Crippen molar-refractivity contribution in [2.75, 3.05) is 76.8 Å². The van der Waals surface area contributed by atoms with Gasteiger partial charge < -0.3 is 34.3 Å². The van der Waals surface area contributed by atoms with Crippen molar-refractivity contribution >= 4 is 24.9 Å². The van der Waals surface area contributed by atoms with Crippen LogP contribution in [0.1, 0.15) is 11.1 Å². The summed E-state index contributed by atoms with van der Waals surface area (Å²) in [6.45, 7) is 3.99. The predicted octanol–water partition coefficient (Wildman–Crippen LogP) is 1.49. The molecular weight excluding hydrogens is 491 g/mol. The molecule has 0 bridgehead atoms. The van der Waals surface area contributed by atoms with E-state index >= 15 is 0 Å². The molecule has 3 rings (SSSR count). The van der Waals surface area contributed by atoms with Gasteiger partial charge in [-0.1, -0.05) is 12.1 Å². The molecule has 0 spiro atoms. The molecule has 13 heteroatoms. The van der Waals surface area contributed by atoms with E-state index in [1.54, 1.807) is 12.0 Å². The zero-order valence-corrected chi connectivity index (χ0v) is 21.4. The summed E-state index contributed by atoms with van der Waals surface area (Å²) in [7, 11) is -1.46. The monoisotopic (exact) mass is 524 g/mol. The van der Waals surface area contributed by atoms with Crippen LogP contribution >= 0.6 is 7.37 Å². The smallest absolute Gasteiger partial charge is 0.320 e. The number of hydrogen-bond donors (Lipinski definition) is 2. The molecule has 1 aromatic heterocycles. The van der Waals surface area contributed by atoms with Gasteiger partial charge in [0.1, 0.15) is 30.6 Å². The van der Waals surface area contributed by atoms with Crippen molar-refractivity contribution in [2.24, 2.45) is 0 Å². The number of anilines is 2. The van der Waals surface area contributed by atoms with Crippen molar-refractivity contribution in [1.29, 1.82) is 0 Å². The molecule has 2 heterocycles. The quantitative estimate of drug-likeness (QED) is 0.242. The van der Waals surface area contributed by atoms with Gasteiger partial charge in [-0.3, -0.25) is 14.3 Å². The average Bonchev–Trinajstić information content (AvgIpc) is 3.14. The Bertz CT molecular complexity index is 1050. The predicted molar refractivity (Wildman–Crippen MR) is 133 cm³/mol. The number of amides is 1. The molecular formula is C23H33N4O8P. The van der Waals surface area contributed by atoms with Crippen molar-refractivity contribution in [3.8, 4) is 11.8 Å². The van der Waals surface area contributed by atoms with Gasteiger partial charge in [0.15, 0.2) is 7.37 Å². The second-order valence-electron chi connectivity index (χ2n) is 8.18. The minimum atomic E-state index is -3.03. The summed E-state index contributed by atoms with van der Waals surface area (Å²) in [4.78, 5) is 31.9. The fourth-order valence-electron chi connectivity index (χ4n) is 3.32. The number of methoxy groups -OCH3 is 1. The molecule has 1 atom stereocenters. The number of nitrogen functional groups attached to an aromatic ring is 1. The Labute approximate surface area is 210 Å². The molecule has 1 aliphatic heterocycles. The fourth-order valence-corrected chi connectivity index (χ4v) is 3.79. The number of aromatic nitrogens is 2. The van der Waals surface area contributed by atoms with Crippen LogP contribution in [0.15, 0.2) is 24.3 Å². The topological polar surface area (TPSA) is 156 Å². The summed E-state index contributed by atoms with van der Waals surface area (Å²) in [5.74, 6) is 1.26. The number of nitrogens with zero attached hydrogens (tertiary/aromatic N) is 3. The first-order chi connectivity index (χ1) is 17.3. The van der Waals surface area contributed by atoms with E-state index in [-0.39, 0.29) is 43.5 Å². The maximum absolute atomic E-state index is 12.6. The highest BCUT2D eigenvalue weighted by Gasteiger charge is 2.32. The zero-order chi connectivity index (χ0) is 26.0. The van der Waals surface area contributed by atoms with Crippen molar-refractivity contribution < 1.29 is 37.9 Å².